The number of halogens is 1. The number of aromatic nitrogens is 2. The van der Waals surface area contributed by atoms with Crippen LogP contribution in [0.4, 0.5) is 11.6 Å². The monoisotopic (exact) mass is 420 g/mol. The molecule has 2 fully saturated rings. The number of amides is 1. The number of nitrogens with zero attached hydrogens (tertiary/aromatic N) is 4. The second kappa shape index (κ2) is 8.31. The maximum atomic E-state index is 12.5. The number of anilines is 2. The highest BCUT2D eigenvalue weighted by atomic mass is 35.5. The fraction of sp³-hybridized carbons (Fsp3) is 0.684. The molecule has 0 radical (unpaired) electrons. The van der Waals surface area contributed by atoms with Crippen LogP contribution in [0.2, 0.25) is 5.15 Å². The lowest BCUT2D eigenvalue weighted by Gasteiger charge is -2.40. The van der Waals surface area contributed by atoms with Crippen molar-refractivity contribution < 1.29 is 4.79 Å². The van der Waals surface area contributed by atoms with Gasteiger partial charge in [-0.05, 0) is 31.6 Å². The van der Waals surface area contributed by atoms with Crippen molar-refractivity contribution >= 4 is 35.1 Å². The number of likely N-dealkylation sites (tertiary alicyclic amines) is 1. The molecular weight excluding hydrogens is 392 g/mol. The van der Waals surface area contributed by atoms with Crippen molar-refractivity contribution in [2.45, 2.75) is 50.5 Å². The molecule has 0 aromatic carbocycles. The van der Waals surface area contributed by atoms with Crippen molar-refractivity contribution in [1.82, 2.24) is 25.5 Å². The molecule has 1 spiro atoms. The van der Waals surface area contributed by atoms with Crippen LogP contribution in [0.5, 0.6) is 0 Å². The normalized spacial score (nSPS) is 22.3. The average molecular weight is 421 g/mol. The Morgan fingerprint density at radius 3 is 2.62 bits per heavy atom. The molecule has 1 saturated heterocycles. The number of hydrogen-bond donors (Lipinski definition) is 4. The summed E-state index contributed by atoms with van der Waals surface area (Å²) in [6, 6.07) is 0. The average Bonchev–Trinajstić information content (AvgIpc) is 3.09. The molecule has 0 atom stereocenters. The molecule has 0 unspecified atom stereocenters. The molecule has 1 amide bonds. The maximum Gasteiger partial charge on any atom is 0.280 e. The van der Waals surface area contributed by atoms with E-state index in [0.717, 1.165) is 31.8 Å². The third-order valence-corrected chi connectivity index (χ3v) is 6.61. The fourth-order valence-corrected chi connectivity index (χ4v) is 4.72. The molecule has 6 N–H and O–H groups in total. The Hall–Kier alpha value is -2.13. The van der Waals surface area contributed by atoms with Gasteiger partial charge in [0, 0.05) is 19.6 Å². The van der Waals surface area contributed by atoms with Crippen molar-refractivity contribution in [3.8, 4) is 0 Å². The highest BCUT2D eigenvalue weighted by Crippen LogP contribution is 2.29. The topological polar surface area (TPSA) is 135 Å². The Balaban J connectivity index is 1.29. The number of nitrogen functional groups attached to an aromatic ring is 2. The number of carbonyl (C=O) groups is 1. The molecule has 3 aliphatic rings. The van der Waals surface area contributed by atoms with Crippen molar-refractivity contribution in [2.75, 3.05) is 37.6 Å². The van der Waals surface area contributed by atoms with Crippen LogP contribution in [-0.4, -0.2) is 58.5 Å². The lowest BCUT2D eigenvalue weighted by molar-refractivity contribution is 0.0970. The zero-order valence-corrected chi connectivity index (χ0v) is 17.3. The summed E-state index contributed by atoms with van der Waals surface area (Å²) < 4.78 is 0. The van der Waals surface area contributed by atoms with E-state index in [0.29, 0.717) is 12.5 Å². The zero-order chi connectivity index (χ0) is 20.4. The fourth-order valence-electron chi connectivity index (χ4n) is 4.59. The summed E-state index contributed by atoms with van der Waals surface area (Å²) in [4.78, 5) is 27.4. The van der Waals surface area contributed by atoms with Gasteiger partial charge < -0.3 is 21.7 Å². The van der Waals surface area contributed by atoms with E-state index in [1.165, 1.54) is 38.6 Å². The first-order valence-corrected chi connectivity index (χ1v) is 10.8. The number of guanidine groups is 1. The van der Waals surface area contributed by atoms with Crippen LogP contribution in [0.25, 0.3) is 0 Å². The predicted octanol–water partition coefficient (Wildman–Crippen LogP) is 1.40. The number of nitrogens with two attached hydrogens (primary N) is 2. The summed E-state index contributed by atoms with van der Waals surface area (Å²) in [7, 11) is 0. The molecule has 3 heterocycles. The van der Waals surface area contributed by atoms with Crippen LogP contribution in [0.1, 0.15) is 55.4 Å². The highest BCUT2D eigenvalue weighted by molar-refractivity contribution is 6.31. The lowest BCUT2D eigenvalue weighted by atomic mass is 9.85. The van der Waals surface area contributed by atoms with Gasteiger partial charge in [-0.15, -0.1) is 0 Å². The second-order valence-corrected chi connectivity index (χ2v) is 8.82. The van der Waals surface area contributed by atoms with Crippen LogP contribution in [0.3, 0.4) is 0 Å². The number of aliphatic imine (C=N–C) groups is 1. The first-order chi connectivity index (χ1) is 13.9. The van der Waals surface area contributed by atoms with Gasteiger partial charge in [0.05, 0.1) is 12.1 Å². The van der Waals surface area contributed by atoms with E-state index in [4.69, 9.17) is 23.1 Å². The number of piperidine rings is 1. The van der Waals surface area contributed by atoms with Gasteiger partial charge in [0.15, 0.2) is 28.4 Å². The number of rotatable bonds is 3. The van der Waals surface area contributed by atoms with Crippen LogP contribution >= 0.6 is 11.6 Å². The van der Waals surface area contributed by atoms with E-state index in [2.05, 4.69) is 30.5 Å². The van der Waals surface area contributed by atoms with Crippen molar-refractivity contribution in [1.29, 1.82) is 0 Å². The van der Waals surface area contributed by atoms with Crippen LogP contribution in [0, 0.1) is 5.92 Å². The molecule has 1 aromatic heterocycles. The summed E-state index contributed by atoms with van der Waals surface area (Å²) in [6.07, 6.45) is 8.94. The van der Waals surface area contributed by atoms with Crippen LogP contribution < -0.4 is 22.1 Å². The van der Waals surface area contributed by atoms with Gasteiger partial charge in [-0.2, -0.15) is 0 Å². The molecule has 10 heteroatoms. The summed E-state index contributed by atoms with van der Waals surface area (Å²) in [5.41, 5.74) is 11.2. The van der Waals surface area contributed by atoms with Gasteiger partial charge in [0.1, 0.15) is 0 Å². The second-order valence-electron chi connectivity index (χ2n) is 8.46. The number of nitrogens with one attached hydrogen (secondary N) is 2. The minimum atomic E-state index is -0.505. The molecule has 1 saturated carbocycles. The van der Waals surface area contributed by atoms with E-state index >= 15 is 0 Å². The largest absolute Gasteiger partial charge is 0.382 e. The SMILES string of the molecule is Nc1nc(N)c(C(=O)NC2=NCC3(CCN(CC4CCCCC4)CC3)N2)nc1Cl. The van der Waals surface area contributed by atoms with E-state index in [1.54, 1.807) is 0 Å². The maximum absolute atomic E-state index is 12.5. The van der Waals surface area contributed by atoms with Crippen molar-refractivity contribution in [3.63, 3.8) is 0 Å². The van der Waals surface area contributed by atoms with Crippen LogP contribution in [0.15, 0.2) is 4.99 Å². The molecule has 4 rings (SSSR count). The number of hydrogen-bond acceptors (Lipinski definition) is 8. The van der Waals surface area contributed by atoms with E-state index in [-0.39, 0.29) is 28.0 Å². The standard InChI is InChI=1S/C19H29ClN8O/c20-14-16(22)25-15(21)13(24-14)17(29)26-18-23-11-19(27-18)6-8-28(9-7-19)10-12-4-2-1-3-5-12/h12H,1-11H2,(H4,21,22,25)(H2,23,26,27,29). The van der Waals surface area contributed by atoms with Gasteiger partial charge in [-0.3, -0.25) is 15.1 Å². The first kappa shape index (κ1) is 20.2. The summed E-state index contributed by atoms with van der Waals surface area (Å²) in [6.45, 7) is 4.00. The van der Waals surface area contributed by atoms with E-state index < -0.39 is 5.91 Å². The number of carbonyl (C=O) groups excluding carboxylic acids is 1. The van der Waals surface area contributed by atoms with Gasteiger partial charge in [0.2, 0.25) is 0 Å². The minimum absolute atomic E-state index is 0.00371. The summed E-state index contributed by atoms with van der Waals surface area (Å²) in [5.74, 6) is 0.739. The molecule has 1 aromatic rings. The summed E-state index contributed by atoms with van der Waals surface area (Å²) in [5, 5.41) is 6.11. The molecule has 2 aliphatic heterocycles. The molecular formula is C19H29ClN8O. The molecule has 9 nitrogen and oxygen atoms in total. The molecule has 29 heavy (non-hydrogen) atoms. The Morgan fingerprint density at radius 2 is 1.90 bits per heavy atom. The third-order valence-electron chi connectivity index (χ3n) is 6.33. The van der Waals surface area contributed by atoms with Gasteiger partial charge in [-0.1, -0.05) is 30.9 Å². The van der Waals surface area contributed by atoms with Gasteiger partial charge >= 0.3 is 0 Å². The first-order valence-electron chi connectivity index (χ1n) is 10.4. The Labute approximate surface area is 175 Å². The Kier molecular flexibility index (Phi) is 5.78. The Morgan fingerprint density at radius 1 is 1.17 bits per heavy atom. The van der Waals surface area contributed by atoms with Gasteiger partial charge in [-0.25, -0.2) is 9.97 Å². The van der Waals surface area contributed by atoms with E-state index in [1.807, 2.05) is 0 Å². The highest BCUT2D eigenvalue weighted by Gasteiger charge is 2.39. The van der Waals surface area contributed by atoms with Crippen LogP contribution in [-0.2, 0) is 0 Å². The van der Waals surface area contributed by atoms with Gasteiger partial charge in [0.25, 0.3) is 5.91 Å². The predicted molar refractivity (Wildman–Crippen MR) is 114 cm³/mol. The van der Waals surface area contributed by atoms with Crippen molar-refractivity contribution in [3.05, 3.63) is 10.8 Å². The van der Waals surface area contributed by atoms with Crippen molar-refractivity contribution in [2.24, 2.45) is 10.9 Å². The Bertz CT molecular complexity index is 800. The lowest BCUT2D eigenvalue weighted by Crippen LogP contribution is -2.56. The molecule has 1 aliphatic carbocycles. The van der Waals surface area contributed by atoms with E-state index in [9.17, 15) is 4.79 Å². The third kappa shape index (κ3) is 4.56. The minimum Gasteiger partial charge on any atom is -0.382 e. The zero-order valence-electron chi connectivity index (χ0n) is 16.6. The quantitative estimate of drug-likeness (QED) is 0.580. The smallest absolute Gasteiger partial charge is 0.280 e. The summed E-state index contributed by atoms with van der Waals surface area (Å²) >= 11 is 5.86. The molecule has 158 valence electrons. The molecule has 0 bridgehead atoms.